The maximum Gasteiger partial charge on any atom is 0.345 e. The van der Waals surface area contributed by atoms with Crippen LogP contribution in [0, 0.1) is 10.1 Å². The molecule has 0 aromatic heterocycles. The Hall–Kier alpha value is -1.14. The van der Waals surface area contributed by atoms with Gasteiger partial charge in [0.15, 0.2) is 0 Å². The smallest absolute Gasteiger partial charge is 0.345 e. The van der Waals surface area contributed by atoms with Gasteiger partial charge in [-0.3, -0.25) is 10.1 Å². The second kappa shape index (κ2) is 5.27. The number of ether oxygens (including phenoxy) is 1. The lowest BCUT2D eigenvalue weighted by atomic mass is 10.2. The van der Waals surface area contributed by atoms with E-state index < -0.39 is 10.9 Å². The van der Waals surface area contributed by atoms with E-state index in [9.17, 15) is 14.9 Å². The van der Waals surface area contributed by atoms with Crippen LogP contribution in [0.4, 0.5) is 5.69 Å². The molecular weight excluding hydrogens is 301 g/mol. The topological polar surface area (TPSA) is 69.4 Å². The van der Waals surface area contributed by atoms with E-state index in [-0.39, 0.29) is 22.9 Å². The summed E-state index contributed by atoms with van der Waals surface area (Å²) in [4.78, 5) is 21.5. The molecule has 1 aromatic carbocycles. The third kappa shape index (κ3) is 2.70. The van der Waals surface area contributed by atoms with Crippen molar-refractivity contribution in [3.8, 4) is 0 Å². The van der Waals surface area contributed by atoms with Crippen LogP contribution in [0.25, 0.3) is 0 Å². The minimum atomic E-state index is -0.744. The molecule has 0 aliphatic carbocycles. The number of carbonyl (C=O) groups excluding carboxylic acids is 1. The van der Waals surface area contributed by atoms with Gasteiger partial charge in [-0.05, 0) is 28.9 Å². The predicted octanol–water partition coefficient (Wildman–Crippen LogP) is 3.19. The van der Waals surface area contributed by atoms with E-state index in [1.54, 1.807) is 6.92 Å². The molecule has 0 aliphatic heterocycles. The normalized spacial score (nSPS) is 9.94. The van der Waals surface area contributed by atoms with Gasteiger partial charge in [-0.2, -0.15) is 0 Å². The molecule has 5 nitrogen and oxygen atoms in total. The quantitative estimate of drug-likeness (QED) is 0.488. The van der Waals surface area contributed by atoms with Gasteiger partial charge in [0.2, 0.25) is 0 Å². The van der Waals surface area contributed by atoms with Crippen molar-refractivity contribution < 1.29 is 14.5 Å². The SMILES string of the molecule is CCOC(=O)c1cc(Br)c(Cl)cc1[N+](=O)[O-]. The zero-order valence-corrected chi connectivity index (χ0v) is 10.5. The molecule has 0 heterocycles. The van der Waals surface area contributed by atoms with Crippen LogP contribution in [-0.2, 0) is 4.74 Å². The Kier molecular flexibility index (Phi) is 4.26. The molecule has 0 saturated carbocycles. The minimum absolute atomic E-state index is 0.122. The predicted molar refractivity (Wildman–Crippen MR) is 61.8 cm³/mol. The van der Waals surface area contributed by atoms with Crippen LogP contribution in [0.15, 0.2) is 16.6 Å². The average Bonchev–Trinajstić information content (AvgIpc) is 2.21. The third-order valence-electron chi connectivity index (χ3n) is 1.73. The van der Waals surface area contributed by atoms with E-state index in [0.29, 0.717) is 4.47 Å². The molecule has 0 fully saturated rings. The summed E-state index contributed by atoms with van der Waals surface area (Å²) in [5.41, 5.74) is -0.491. The van der Waals surface area contributed by atoms with Crippen LogP contribution in [0.1, 0.15) is 17.3 Å². The number of carbonyl (C=O) groups is 1. The lowest BCUT2D eigenvalue weighted by molar-refractivity contribution is -0.385. The summed E-state index contributed by atoms with van der Waals surface area (Å²) < 4.78 is 5.11. The number of nitrogens with zero attached hydrogens (tertiary/aromatic N) is 1. The van der Waals surface area contributed by atoms with E-state index in [4.69, 9.17) is 16.3 Å². The first-order valence-corrected chi connectivity index (χ1v) is 5.45. The minimum Gasteiger partial charge on any atom is -0.462 e. The van der Waals surface area contributed by atoms with Crippen molar-refractivity contribution in [2.24, 2.45) is 0 Å². The number of halogens is 2. The summed E-state index contributed by atoms with van der Waals surface area (Å²) >= 11 is 8.79. The molecule has 1 aromatic rings. The van der Waals surface area contributed by atoms with Crippen molar-refractivity contribution in [3.05, 3.63) is 37.3 Å². The maximum absolute atomic E-state index is 11.4. The second-order valence-corrected chi connectivity index (χ2v) is 4.02. The number of rotatable bonds is 3. The summed E-state index contributed by atoms with van der Waals surface area (Å²) in [6.07, 6.45) is 0. The largest absolute Gasteiger partial charge is 0.462 e. The molecule has 0 spiro atoms. The molecule has 0 N–H and O–H groups in total. The molecule has 16 heavy (non-hydrogen) atoms. The third-order valence-corrected chi connectivity index (χ3v) is 2.93. The molecule has 0 amide bonds. The van der Waals surface area contributed by atoms with Gasteiger partial charge in [0.25, 0.3) is 5.69 Å². The summed E-state index contributed by atoms with van der Waals surface area (Å²) in [6.45, 7) is 1.77. The maximum atomic E-state index is 11.4. The van der Waals surface area contributed by atoms with Crippen molar-refractivity contribution in [2.45, 2.75) is 6.92 Å². The molecule has 0 aliphatic rings. The highest BCUT2D eigenvalue weighted by Gasteiger charge is 2.23. The average molecular weight is 309 g/mol. The number of hydrogen-bond donors (Lipinski definition) is 0. The number of esters is 1. The monoisotopic (exact) mass is 307 g/mol. The van der Waals surface area contributed by atoms with Gasteiger partial charge in [0.1, 0.15) is 5.56 Å². The zero-order chi connectivity index (χ0) is 12.3. The van der Waals surface area contributed by atoms with Crippen LogP contribution < -0.4 is 0 Å². The second-order valence-electron chi connectivity index (χ2n) is 2.76. The van der Waals surface area contributed by atoms with Crippen molar-refractivity contribution in [1.29, 1.82) is 0 Å². The number of nitro groups is 1. The standard InChI is InChI=1S/C9H7BrClNO4/c1-2-16-9(13)5-3-6(10)7(11)4-8(5)12(14)15/h3-4H,2H2,1H3. The van der Waals surface area contributed by atoms with E-state index in [2.05, 4.69) is 15.9 Å². The molecule has 86 valence electrons. The summed E-state index contributed by atoms with van der Waals surface area (Å²) in [7, 11) is 0. The molecule has 0 unspecified atom stereocenters. The van der Waals surface area contributed by atoms with Crippen molar-refractivity contribution in [3.63, 3.8) is 0 Å². The van der Waals surface area contributed by atoms with Crippen molar-refractivity contribution in [2.75, 3.05) is 6.61 Å². The van der Waals surface area contributed by atoms with Crippen LogP contribution in [0.5, 0.6) is 0 Å². The van der Waals surface area contributed by atoms with E-state index in [1.807, 2.05) is 0 Å². The van der Waals surface area contributed by atoms with Gasteiger partial charge in [-0.1, -0.05) is 11.6 Å². The fourth-order valence-corrected chi connectivity index (χ4v) is 1.56. The number of benzene rings is 1. The molecule has 1 rings (SSSR count). The first-order valence-electron chi connectivity index (χ1n) is 4.28. The highest BCUT2D eigenvalue weighted by atomic mass is 79.9. The van der Waals surface area contributed by atoms with Crippen molar-refractivity contribution in [1.82, 2.24) is 0 Å². The van der Waals surface area contributed by atoms with Gasteiger partial charge in [0, 0.05) is 10.5 Å². The molecule has 0 radical (unpaired) electrons. The van der Waals surface area contributed by atoms with Crippen LogP contribution in [0.3, 0.4) is 0 Å². The highest BCUT2D eigenvalue weighted by molar-refractivity contribution is 9.10. The summed E-state index contributed by atoms with van der Waals surface area (Å²) in [5, 5.41) is 10.9. The molecule has 0 saturated heterocycles. The van der Waals surface area contributed by atoms with Gasteiger partial charge in [-0.25, -0.2) is 4.79 Å². The zero-order valence-electron chi connectivity index (χ0n) is 8.20. The first kappa shape index (κ1) is 12.9. The fraction of sp³-hybridized carbons (Fsp3) is 0.222. The first-order chi connectivity index (χ1) is 7.47. The van der Waals surface area contributed by atoms with Crippen LogP contribution in [-0.4, -0.2) is 17.5 Å². The Balaban J connectivity index is 3.30. The summed E-state index contributed by atoms with van der Waals surface area (Å²) in [5.74, 6) is -0.744. The Morgan fingerprint density at radius 3 is 2.75 bits per heavy atom. The fourth-order valence-electron chi connectivity index (χ4n) is 1.06. The molecule has 0 atom stereocenters. The Morgan fingerprint density at radius 1 is 1.62 bits per heavy atom. The summed E-state index contributed by atoms with van der Waals surface area (Å²) in [6, 6.07) is 2.39. The highest BCUT2D eigenvalue weighted by Crippen LogP contribution is 2.31. The molecular formula is C9H7BrClNO4. The lowest BCUT2D eigenvalue weighted by Crippen LogP contribution is -2.08. The Bertz CT molecular complexity index is 449. The number of nitro benzene ring substituents is 1. The van der Waals surface area contributed by atoms with Crippen molar-refractivity contribution >= 4 is 39.2 Å². The van der Waals surface area contributed by atoms with Gasteiger partial charge >= 0.3 is 5.97 Å². The van der Waals surface area contributed by atoms with Crippen LogP contribution >= 0.6 is 27.5 Å². The van der Waals surface area contributed by atoms with E-state index in [0.717, 1.165) is 6.07 Å². The Morgan fingerprint density at radius 2 is 2.25 bits per heavy atom. The van der Waals surface area contributed by atoms with Gasteiger partial charge in [-0.15, -0.1) is 0 Å². The molecule has 7 heteroatoms. The van der Waals surface area contributed by atoms with Gasteiger partial charge < -0.3 is 4.74 Å². The number of hydrogen-bond acceptors (Lipinski definition) is 4. The molecule has 0 bridgehead atoms. The van der Waals surface area contributed by atoms with Crippen LogP contribution in [0.2, 0.25) is 5.02 Å². The van der Waals surface area contributed by atoms with E-state index >= 15 is 0 Å². The Labute approximate surface area is 105 Å². The van der Waals surface area contributed by atoms with E-state index in [1.165, 1.54) is 6.07 Å². The van der Waals surface area contributed by atoms with Gasteiger partial charge in [0.05, 0.1) is 16.6 Å². The lowest BCUT2D eigenvalue weighted by Gasteiger charge is -2.04.